The van der Waals surface area contributed by atoms with Crippen molar-refractivity contribution in [3.8, 4) is 6.07 Å². The molecule has 0 bridgehead atoms. The van der Waals surface area contributed by atoms with Crippen LogP contribution in [0.2, 0.25) is 0 Å². The molecule has 0 aliphatic heterocycles. The predicted molar refractivity (Wildman–Crippen MR) is 70.1 cm³/mol. The molecule has 1 rings (SSSR count). The van der Waals surface area contributed by atoms with Crippen molar-refractivity contribution < 1.29 is 14.6 Å². The van der Waals surface area contributed by atoms with Crippen LogP contribution in [0.5, 0.6) is 0 Å². The first-order valence-corrected chi connectivity index (χ1v) is 6.22. The Hall–Kier alpha value is -2.06. The number of carbonyl (C=O) groups excluding carboxylic acids is 1. The minimum Gasteiger partial charge on any atom is -0.445 e. The number of nitrogens with zero attached hydrogens (tertiary/aromatic N) is 1. The summed E-state index contributed by atoms with van der Waals surface area (Å²) in [7, 11) is 0. The molecule has 1 amide bonds. The molecular formula is C14H18N2O3. The van der Waals surface area contributed by atoms with Crippen LogP contribution >= 0.6 is 0 Å². The van der Waals surface area contributed by atoms with Crippen molar-refractivity contribution in [1.82, 2.24) is 5.32 Å². The minimum atomic E-state index is -1.22. The standard InChI is InChI=1S/C14H18N2O3/c1-2-6-12(13(17)9-15)16-14(18)19-10-11-7-4-3-5-8-11/h3-5,7-8,12-13,17H,2,6,10H2,1H3,(H,16,18)/t12?,13-/m1/s1. The van der Waals surface area contributed by atoms with Crippen molar-refractivity contribution in [1.29, 1.82) is 5.26 Å². The fourth-order valence-electron chi connectivity index (χ4n) is 1.63. The van der Waals surface area contributed by atoms with Crippen molar-refractivity contribution in [2.75, 3.05) is 0 Å². The number of benzene rings is 1. The molecule has 19 heavy (non-hydrogen) atoms. The highest BCUT2D eigenvalue weighted by molar-refractivity contribution is 5.67. The third kappa shape index (κ3) is 5.40. The minimum absolute atomic E-state index is 0.161. The van der Waals surface area contributed by atoms with Crippen LogP contribution < -0.4 is 5.32 Å². The number of amides is 1. The molecule has 2 N–H and O–H groups in total. The van der Waals surface area contributed by atoms with Gasteiger partial charge in [-0.1, -0.05) is 43.7 Å². The van der Waals surface area contributed by atoms with Crippen LogP contribution in [0.3, 0.4) is 0 Å². The normalized spacial score (nSPS) is 13.1. The van der Waals surface area contributed by atoms with Crippen LogP contribution in [0.25, 0.3) is 0 Å². The van der Waals surface area contributed by atoms with Gasteiger partial charge in [-0.3, -0.25) is 0 Å². The van der Waals surface area contributed by atoms with Crippen molar-refractivity contribution in [2.45, 2.75) is 38.5 Å². The van der Waals surface area contributed by atoms with Gasteiger partial charge in [0, 0.05) is 0 Å². The highest BCUT2D eigenvalue weighted by Gasteiger charge is 2.20. The highest BCUT2D eigenvalue weighted by atomic mass is 16.5. The summed E-state index contributed by atoms with van der Waals surface area (Å²) in [6.45, 7) is 2.07. The second kappa shape index (κ2) is 8.11. The molecular weight excluding hydrogens is 244 g/mol. The molecule has 0 saturated heterocycles. The van der Waals surface area contributed by atoms with Crippen LogP contribution in [0.1, 0.15) is 25.3 Å². The maximum absolute atomic E-state index is 11.6. The Kier molecular flexibility index (Phi) is 6.41. The third-order valence-electron chi connectivity index (χ3n) is 2.63. The van der Waals surface area contributed by atoms with E-state index in [1.807, 2.05) is 37.3 Å². The molecule has 0 aliphatic carbocycles. The molecule has 1 unspecified atom stereocenters. The average molecular weight is 262 g/mol. The number of alkyl carbamates (subject to hydrolysis) is 1. The number of rotatable bonds is 6. The summed E-state index contributed by atoms with van der Waals surface area (Å²) >= 11 is 0. The van der Waals surface area contributed by atoms with Gasteiger partial charge >= 0.3 is 6.09 Å². The lowest BCUT2D eigenvalue weighted by molar-refractivity contribution is 0.118. The fraction of sp³-hybridized carbons (Fsp3) is 0.429. The topological polar surface area (TPSA) is 82.3 Å². The van der Waals surface area contributed by atoms with E-state index in [1.54, 1.807) is 6.07 Å². The SMILES string of the molecule is CCCC(NC(=O)OCc1ccccc1)[C@H](O)C#N. The fourth-order valence-corrected chi connectivity index (χ4v) is 1.63. The summed E-state index contributed by atoms with van der Waals surface area (Å²) in [5.41, 5.74) is 0.880. The van der Waals surface area contributed by atoms with E-state index in [9.17, 15) is 9.90 Å². The van der Waals surface area contributed by atoms with E-state index < -0.39 is 18.2 Å². The molecule has 0 saturated carbocycles. The van der Waals surface area contributed by atoms with Gasteiger partial charge in [0.05, 0.1) is 12.1 Å². The lowest BCUT2D eigenvalue weighted by atomic mass is 10.1. The summed E-state index contributed by atoms with van der Waals surface area (Å²) < 4.78 is 5.03. The first kappa shape index (κ1) is 15.0. The summed E-state index contributed by atoms with van der Waals surface area (Å²) in [6.07, 6.45) is -0.571. The number of ether oxygens (including phenoxy) is 1. The Balaban J connectivity index is 2.43. The molecule has 5 heteroatoms. The quantitative estimate of drug-likeness (QED) is 0.768. The van der Waals surface area contributed by atoms with Crippen LogP contribution in [0.15, 0.2) is 30.3 Å². The van der Waals surface area contributed by atoms with Gasteiger partial charge in [-0.15, -0.1) is 0 Å². The number of aliphatic hydroxyl groups is 1. The molecule has 0 heterocycles. The van der Waals surface area contributed by atoms with Gasteiger partial charge in [0.15, 0.2) is 6.10 Å². The van der Waals surface area contributed by atoms with E-state index in [0.29, 0.717) is 6.42 Å². The Labute approximate surface area is 112 Å². The molecule has 0 radical (unpaired) electrons. The molecule has 0 aliphatic rings. The van der Waals surface area contributed by atoms with Crippen molar-refractivity contribution in [2.24, 2.45) is 0 Å². The van der Waals surface area contributed by atoms with Gasteiger partial charge in [-0.2, -0.15) is 5.26 Å². The second-order valence-electron chi connectivity index (χ2n) is 4.18. The first-order chi connectivity index (χ1) is 9.17. The Bertz CT molecular complexity index is 428. The molecule has 1 aromatic rings. The van der Waals surface area contributed by atoms with Gasteiger partial charge in [0.2, 0.25) is 0 Å². The summed E-state index contributed by atoms with van der Waals surface area (Å²) in [5, 5.41) is 20.6. The van der Waals surface area contributed by atoms with Crippen LogP contribution in [-0.2, 0) is 11.3 Å². The highest BCUT2D eigenvalue weighted by Crippen LogP contribution is 2.04. The Morgan fingerprint density at radius 2 is 2.16 bits per heavy atom. The number of nitriles is 1. The molecule has 0 aromatic heterocycles. The molecule has 0 spiro atoms. The van der Waals surface area contributed by atoms with Crippen molar-refractivity contribution >= 4 is 6.09 Å². The van der Waals surface area contributed by atoms with E-state index in [2.05, 4.69) is 5.32 Å². The van der Waals surface area contributed by atoms with E-state index in [0.717, 1.165) is 12.0 Å². The second-order valence-corrected chi connectivity index (χ2v) is 4.18. The zero-order valence-electron chi connectivity index (χ0n) is 10.9. The Morgan fingerprint density at radius 3 is 2.74 bits per heavy atom. The zero-order valence-corrected chi connectivity index (χ0v) is 10.9. The van der Waals surface area contributed by atoms with Crippen LogP contribution in [0, 0.1) is 11.3 Å². The largest absolute Gasteiger partial charge is 0.445 e. The summed E-state index contributed by atoms with van der Waals surface area (Å²) in [5.74, 6) is 0. The van der Waals surface area contributed by atoms with E-state index >= 15 is 0 Å². The molecule has 0 fully saturated rings. The third-order valence-corrected chi connectivity index (χ3v) is 2.63. The van der Waals surface area contributed by atoms with Crippen LogP contribution in [-0.4, -0.2) is 23.3 Å². The van der Waals surface area contributed by atoms with E-state index in [1.165, 1.54) is 0 Å². The van der Waals surface area contributed by atoms with Gasteiger partial charge in [-0.05, 0) is 12.0 Å². The smallest absolute Gasteiger partial charge is 0.407 e. The Morgan fingerprint density at radius 1 is 1.47 bits per heavy atom. The first-order valence-electron chi connectivity index (χ1n) is 6.22. The van der Waals surface area contributed by atoms with Gasteiger partial charge in [0.25, 0.3) is 0 Å². The number of hydrogen-bond donors (Lipinski definition) is 2. The molecule has 2 atom stereocenters. The van der Waals surface area contributed by atoms with Gasteiger partial charge < -0.3 is 15.2 Å². The predicted octanol–water partition coefficient (Wildman–Crippen LogP) is 1.97. The summed E-state index contributed by atoms with van der Waals surface area (Å²) in [4.78, 5) is 11.6. The van der Waals surface area contributed by atoms with Crippen molar-refractivity contribution in [3.63, 3.8) is 0 Å². The van der Waals surface area contributed by atoms with E-state index in [-0.39, 0.29) is 6.61 Å². The van der Waals surface area contributed by atoms with Crippen LogP contribution in [0.4, 0.5) is 4.79 Å². The lowest BCUT2D eigenvalue weighted by Gasteiger charge is -2.18. The maximum atomic E-state index is 11.6. The monoisotopic (exact) mass is 262 g/mol. The molecule has 1 aromatic carbocycles. The number of carbonyl (C=O) groups is 1. The van der Waals surface area contributed by atoms with Crippen molar-refractivity contribution in [3.05, 3.63) is 35.9 Å². The van der Waals surface area contributed by atoms with Gasteiger partial charge in [0.1, 0.15) is 6.61 Å². The average Bonchev–Trinajstić information content (AvgIpc) is 2.45. The lowest BCUT2D eigenvalue weighted by Crippen LogP contribution is -2.42. The zero-order chi connectivity index (χ0) is 14.1. The summed E-state index contributed by atoms with van der Waals surface area (Å²) in [6, 6.07) is 10.4. The molecule has 5 nitrogen and oxygen atoms in total. The van der Waals surface area contributed by atoms with Gasteiger partial charge in [-0.25, -0.2) is 4.79 Å². The molecule has 102 valence electrons. The maximum Gasteiger partial charge on any atom is 0.407 e. The number of hydrogen-bond acceptors (Lipinski definition) is 4. The van der Waals surface area contributed by atoms with E-state index in [4.69, 9.17) is 10.00 Å². The number of aliphatic hydroxyl groups excluding tert-OH is 1. The number of nitrogens with one attached hydrogen (secondary N) is 1.